The summed E-state index contributed by atoms with van der Waals surface area (Å²) in [6.07, 6.45) is 7.36. The third kappa shape index (κ3) is 8.79. The predicted octanol–water partition coefficient (Wildman–Crippen LogP) is 3.15. The van der Waals surface area contributed by atoms with Gasteiger partial charge in [-0.25, -0.2) is 26.6 Å². The third-order valence-electron chi connectivity index (χ3n) is 12.6. The Morgan fingerprint density at radius 1 is 1.02 bits per heavy atom. The standard InChI is InChI=1S/C39H61N7O8S2/c1-10-26-20-39(26,35(49)44-55(51,52)28-17-18-28)43-33(47)29-21-38(25(4)5,27-14-13-15-27)23-46(29)34(48)32(24(2)3)42-36(50)41-30(37(6,7)8)22-45(9)56(53,54)31-16-11-12-19-40-31/h10-12,16,19,24-30,32H,1,13-15,17-18,20-23H2,2-9H3,(H,43,47)(H,44,49)(H2,41,42,50)/t26-,29+,30-,32+,38-,39-/m1/s1. The van der Waals surface area contributed by atoms with Gasteiger partial charge < -0.3 is 20.9 Å². The Balaban J connectivity index is 1.38. The summed E-state index contributed by atoms with van der Waals surface area (Å²) in [5.74, 6) is -2.34. The van der Waals surface area contributed by atoms with Gasteiger partial charge in [0.05, 0.1) is 5.25 Å². The number of carbonyl (C=O) groups is 4. The first-order chi connectivity index (χ1) is 26.0. The van der Waals surface area contributed by atoms with Gasteiger partial charge in [-0.05, 0) is 79.2 Å². The number of sulfonamides is 2. The Bertz CT molecular complexity index is 1890. The average molecular weight is 820 g/mol. The van der Waals surface area contributed by atoms with E-state index in [1.54, 1.807) is 30.9 Å². The highest BCUT2D eigenvalue weighted by Gasteiger charge is 2.63. The zero-order valence-corrected chi connectivity index (χ0v) is 35.6. The molecule has 3 saturated carbocycles. The van der Waals surface area contributed by atoms with Gasteiger partial charge >= 0.3 is 6.03 Å². The number of rotatable bonds is 16. The molecular formula is C39H61N7O8S2. The molecule has 4 aliphatic rings. The van der Waals surface area contributed by atoms with E-state index in [4.69, 9.17) is 0 Å². The van der Waals surface area contributed by atoms with E-state index in [1.165, 1.54) is 25.4 Å². The van der Waals surface area contributed by atoms with E-state index < -0.39 is 95.4 Å². The summed E-state index contributed by atoms with van der Waals surface area (Å²) in [4.78, 5) is 62.1. The van der Waals surface area contributed by atoms with Crippen LogP contribution in [-0.4, -0.2) is 104 Å². The molecule has 2 heterocycles. The number of nitrogens with zero attached hydrogens (tertiary/aromatic N) is 3. The molecule has 0 aromatic carbocycles. The van der Waals surface area contributed by atoms with E-state index >= 15 is 0 Å². The Morgan fingerprint density at radius 2 is 1.68 bits per heavy atom. The van der Waals surface area contributed by atoms with Crippen LogP contribution in [0.5, 0.6) is 0 Å². The van der Waals surface area contributed by atoms with Crippen LogP contribution in [0.25, 0.3) is 0 Å². The minimum atomic E-state index is -3.97. The summed E-state index contributed by atoms with van der Waals surface area (Å²) in [5.41, 5.74) is -2.51. The number of carbonyl (C=O) groups excluding carboxylic acids is 4. The van der Waals surface area contributed by atoms with E-state index in [1.807, 2.05) is 20.8 Å². The molecule has 5 amide bonds. The van der Waals surface area contributed by atoms with Crippen LogP contribution in [0.2, 0.25) is 0 Å². The summed E-state index contributed by atoms with van der Waals surface area (Å²) in [5, 5.41) is 7.90. The molecule has 1 saturated heterocycles. The molecule has 4 N–H and O–H groups in total. The summed E-state index contributed by atoms with van der Waals surface area (Å²) in [6, 6.07) is 1.19. The van der Waals surface area contributed by atoms with E-state index in [0.29, 0.717) is 19.3 Å². The first kappa shape index (κ1) is 43.6. The molecule has 6 atom stereocenters. The summed E-state index contributed by atoms with van der Waals surface area (Å²) in [6.45, 7) is 17.4. The molecule has 15 nitrogen and oxygen atoms in total. The van der Waals surface area contributed by atoms with E-state index in [9.17, 15) is 36.0 Å². The molecule has 1 aromatic rings. The number of hydrogen-bond acceptors (Lipinski definition) is 9. The van der Waals surface area contributed by atoms with Crippen molar-refractivity contribution in [3.63, 3.8) is 0 Å². The fourth-order valence-electron chi connectivity index (χ4n) is 8.20. The van der Waals surface area contributed by atoms with Crippen LogP contribution < -0.4 is 20.7 Å². The second-order valence-electron chi connectivity index (χ2n) is 18.1. The van der Waals surface area contributed by atoms with Crippen molar-refractivity contribution in [2.45, 2.75) is 127 Å². The zero-order chi connectivity index (χ0) is 41.6. The quantitative estimate of drug-likeness (QED) is 0.181. The molecule has 56 heavy (non-hydrogen) atoms. The minimum Gasteiger partial charge on any atom is -0.339 e. The van der Waals surface area contributed by atoms with E-state index in [0.717, 1.165) is 23.6 Å². The lowest BCUT2D eigenvalue weighted by Gasteiger charge is -2.46. The number of hydrogen-bond donors (Lipinski definition) is 4. The van der Waals surface area contributed by atoms with Gasteiger partial charge in [-0.3, -0.25) is 19.1 Å². The summed E-state index contributed by atoms with van der Waals surface area (Å²) < 4.78 is 55.4. The van der Waals surface area contributed by atoms with Gasteiger partial charge in [0.25, 0.3) is 15.9 Å². The Kier molecular flexibility index (Phi) is 12.4. The maximum Gasteiger partial charge on any atom is 0.315 e. The minimum absolute atomic E-state index is 0.0776. The highest BCUT2D eigenvalue weighted by molar-refractivity contribution is 7.91. The number of likely N-dealkylation sites (tertiary alicyclic amines) is 1. The monoisotopic (exact) mass is 819 g/mol. The van der Waals surface area contributed by atoms with Gasteiger partial charge in [-0.15, -0.1) is 6.58 Å². The number of pyridine rings is 1. The van der Waals surface area contributed by atoms with Crippen molar-refractivity contribution in [1.29, 1.82) is 0 Å². The van der Waals surface area contributed by atoms with Gasteiger partial charge in [0.15, 0.2) is 5.03 Å². The van der Waals surface area contributed by atoms with Crippen LogP contribution in [-0.2, 0) is 34.4 Å². The van der Waals surface area contributed by atoms with Gasteiger partial charge in [0, 0.05) is 38.3 Å². The van der Waals surface area contributed by atoms with Crippen LogP contribution in [0.3, 0.4) is 0 Å². The van der Waals surface area contributed by atoms with Gasteiger partial charge in [0.1, 0.15) is 17.6 Å². The smallest absolute Gasteiger partial charge is 0.315 e. The van der Waals surface area contributed by atoms with Crippen molar-refractivity contribution >= 4 is 43.8 Å². The van der Waals surface area contributed by atoms with Crippen LogP contribution >= 0.6 is 0 Å². The van der Waals surface area contributed by atoms with Crippen LogP contribution in [0.15, 0.2) is 42.1 Å². The van der Waals surface area contributed by atoms with E-state index in [2.05, 4.69) is 46.1 Å². The third-order valence-corrected chi connectivity index (χ3v) is 16.2. The SMILES string of the molecule is C=C[C@@H]1C[C@]1(NC(=O)[C@@H]1C[C@@](C(C)C)(C2CCC2)CN1C(=O)[C@@H](NC(=O)N[C@H](CN(C)S(=O)(=O)c1ccccn1)C(C)(C)C)C(C)C)C(=O)NS(=O)(=O)C1CC1. The molecule has 17 heteroatoms. The van der Waals surface area contributed by atoms with Gasteiger partial charge in [-0.2, -0.15) is 4.31 Å². The molecule has 0 radical (unpaired) electrons. The molecule has 5 rings (SSSR count). The topological polar surface area (TPSA) is 204 Å². The maximum absolute atomic E-state index is 14.8. The van der Waals surface area contributed by atoms with Crippen molar-refractivity contribution in [3.05, 3.63) is 37.1 Å². The number of urea groups is 1. The fourth-order valence-corrected chi connectivity index (χ4v) is 10.7. The first-order valence-electron chi connectivity index (χ1n) is 19.8. The second-order valence-corrected chi connectivity index (χ2v) is 22.0. The zero-order valence-electron chi connectivity index (χ0n) is 34.0. The molecule has 0 spiro atoms. The molecule has 1 aliphatic heterocycles. The Morgan fingerprint density at radius 3 is 2.16 bits per heavy atom. The largest absolute Gasteiger partial charge is 0.339 e. The average Bonchev–Trinajstić information content (AvgIpc) is 4.02. The number of amides is 5. The second kappa shape index (κ2) is 16.0. The van der Waals surface area contributed by atoms with Crippen LogP contribution in [0.1, 0.15) is 93.4 Å². The number of likely N-dealkylation sites (N-methyl/N-ethyl adjacent to an activating group) is 1. The Hall–Kier alpha value is -3.57. The number of aromatic nitrogens is 1. The molecular weight excluding hydrogens is 759 g/mol. The van der Waals surface area contributed by atoms with Crippen molar-refractivity contribution in [2.24, 2.45) is 34.5 Å². The first-order valence-corrected chi connectivity index (χ1v) is 22.7. The normalized spacial score (nSPS) is 26.7. The lowest BCUT2D eigenvalue weighted by atomic mass is 9.59. The van der Waals surface area contributed by atoms with Crippen molar-refractivity contribution in [2.75, 3.05) is 20.1 Å². The van der Waals surface area contributed by atoms with Crippen molar-refractivity contribution in [1.82, 2.24) is 34.9 Å². The lowest BCUT2D eigenvalue weighted by molar-refractivity contribution is -0.141. The predicted molar refractivity (Wildman–Crippen MR) is 212 cm³/mol. The van der Waals surface area contributed by atoms with Gasteiger partial charge in [0.2, 0.25) is 21.8 Å². The molecule has 312 valence electrons. The molecule has 1 aromatic heterocycles. The molecule has 3 aliphatic carbocycles. The van der Waals surface area contributed by atoms with Gasteiger partial charge in [-0.1, -0.05) is 67.0 Å². The van der Waals surface area contributed by atoms with Crippen LogP contribution in [0, 0.1) is 34.5 Å². The summed E-state index contributed by atoms with van der Waals surface area (Å²) >= 11 is 0. The molecule has 0 unspecified atom stereocenters. The number of nitrogens with one attached hydrogen (secondary N) is 4. The van der Waals surface area contributed by atoms with E-state index in [-0.39, 0.29) is 36.4 Å². The highest BCUT2D eigenvalue weighted by Crippen LogP contribution is 2.54. The van der Waals surface area contributed by atoms with Crippen LogP contribution in [0.4, 0.5) is 4.79 Å². The Labute approximate surface area is 332 Å². The van der Waals surface area contributed by atoms with Crippen molar-refractivity contribution < 1.29 is 36.0 Å². The fraction of sp³-hybridized carbons (Fsp3) is 0.718. The maximum atomic E-state index is 14.8. The molecule has 0 bridgehead atoms. The van der Waals surface area contributed by atoms with Crippen molar-refractivity contribution in [3.8, 4) is 0 Å². The summed E-state index contributed by atoms with van der Waals surface area (Å²) in [7, 11) is -6.43. The lowest BCUT2D eigenvalue weighted by Crippen LogP contribution is -2.61. The molecule has 4 fully saturated rings. The highest BCUT2D eigenvalue weighted by atomic mass is 32.2.